The Kier molecular flexibility index (Phi) is 3.87. The van der Waals surface area contributed by atoms with Crippen molar-refractivity contribution in [1.82, 2.24) is 9.36 Å². The zero-order chi connectivity index (χ0) is 11.4. The molecule has 2 aromatic rings. The second kappa shape index (κ2) is 5.38. The Labute approximate surface area is 101 Å². The molecule has 0 aliphatic heterocycles. The number of aromatic nitrogens is 2. The number of benzene rings is 1. The number of halogens is 1. The van der Waals surface area contributed by atoms with E-state index in [0.29, 0.717) is 13.0 Å². The molecule has 0 spiro atoms. The van der Waals surface area contributed by atoms with Gasteiger partial charge in [-0.05, 0) is 48.3 Å². The average Bonchev–Trinajstić information content (AvgIpc) is 2.70. The Morgan fingerprint density at radius 3 is 2.94 bits per heavy atom. The molecular weight excluding hydrogens is 245 g/mol. The predicted octanol–water partition coefficient (Wildman–Crippen LogP) is 2.33. The van der Waals surface area contributed by atoms with E-state index in [1.54, 1.807) is 0 Å². The summed E-state index contributed by atoms with van der Waals surface area (Å²) in [6.07, 6.45) is 2.18. The minimum absolute atomic E-state index is 0.238. The van der Waals surface area contributed by atoms with Crippen molar-refractivity contribution < 1.29 is 4.39 Å². The number of nitrogens with zero attached hydrogens (tertiary/aromatic N) is 2. The van der Waals surface area contributed by atoms with E-state index >= 15 is 0 Å². The highest BCUT2D eigenvalue weighted by Gasteiger charge is 2.04. The summed E-state index contributed by atoms with van der Waals surface area (Å²) < 4.78 is 18.0. The van der Waals surface area contributed by atoms with Gasteiger partial charge >= 0.3 is 0 Å². The minimum atomic E-state index is -0.238. The molecule has 1 heterocycles. The molecule has 0 unspecified atom stereocenters. The summed E-state index contributed by atoms with van der Waals surface area (Å²) >= 11 is 2.71. The predicted molar refractivity (Wildman–Crippen MR) is 63.2 cm³/mol. The van der Waals surface area contributed by atoms with Crippen LogP contribution in [0.25, 0.3) is 0 Å². The van der Waals surface area contributed by atoms with Crippen molar-refractivity contribution >= 4 is 23.3 Å². The highest BCUT2D eigenvalue weighted by atomic mass is 32.2. The van der Waals surface area contributed by atoms with Crippen LogP contribution in [0.5, 0.6) is 0 Å². The first-order valence-electron chi connectivity index (χ1n) is 4.72. The summed E-state index contributed by atoms with van der Waals surface area (Å²) in [6, 6.07) is 4.94. The van der Waals surface area contributed by atoms with Gasteiger partial charge in [-0.3, -0.25) is 0 Å². The van der Waals surface area contributed by atoms with Crippen molar-refractivity contribution in [3.8, 4) is 0 Å². The van der Waals surface area contributed by atoms with E-state index in [1.807, 2.05) is 6.07 Å². The summed E-state index contributed by atoms with van der Waals surface area (Å²) in [4.78, 5) is 4.87. The molecule has 0 amide bonds. The van der Waals surface area contributed by atoms with Gasteiger partial charge in [0.05, 0.1) is 0 Å². The zero-order valence-corrected chi connectivity index (χ0v) is 10.0. The molecule has 2 rings (SSSR count). The van der Waals surface area contributed by atoms with Gasteiger partial charge in [0, 0.05) is 4.90 Å². The molecule has 0 bridgehead atoms. The van der Waals surface area contributed by atoms with E-state index in [1.165, 1.54) is 41.8 Å². The van der Waals surface area contributed by atoms with Crippen LogP contribution < -0.4 is 5.73 Å². The molecule has 16 heavy (non-hydrogen) atoms. The number of hydrogen-bond donors (Lipinski definition) is 1. The molecule has 0 aliphatic carbocycles. The first-order chi connectivity index (χ1) is 7.78. The molecule has 0 radical (unpaired) electrons. The Morgan fingerprint density at radius 1 is 1.38 bits per heavy atom. The number of rotatable bonds is 4. The standard InChI is InChI=1S/C10H10FN3S2/c11-8-3-7(1-2-12)4-9(5-8)15-10-13-6-14-16-10/h3-6H,1-2,12H2. The Hall–Kier alpha value is -0.980. The number of hydrogen-bond acceptors (Lipinski definition) is 5. The molecule has 0 atom stereocenters. The van der Waals surface area contributed by atoms with Crippen LogP contribution in [0.2, 0.25) is 0 Å². The van der Waals surface area contributed by atoms with Gasteiger partial charge in [-0.25, -0.2) is 9.37 Å². The van der Waals surface area contributed by atoms with Gasteiger partial charge in [-0.1, -0.05) is 11.8 Å². The minimum Gasteiger partial charge on any atom is -0.330 e. The molecule has 1 aromatic carbocycles. The first-order valence-corrected chi connectivity index (χ1v) is 6.31. The van der Waals surface area contributed by atoms with Crippen molar-refractivity contribution in [3.63, 3.8) is 0 Å². The van der Waals surface area contributed by atoms with Crippen molar-refractivity contribution in [2.24, 2.45) is 5.73 Å². The molecule has 0 saturated heterocycles. The van der Waals surface area contributed by atoms with Gasteiger partial charge < -0.3 is 5.73 Å². The third-order valence-corrected chi connectivity index (χ3v) is 3.60. The third-order valence-electron chi connectivity index (χ3n) is 1.91. The largest absolute Gasteiger partial charge is 0.330 e. The van der Waals surface area contributed by atoms with Gasteiger partial charge in [-0.2, -0.15) is 4.37 Å². The molecule has 1 aromatic heterocycles. The van der Waals surface area contributed by atoms with Crippen LogP contribution in [0.4, 0.5) is 4.39 Å². The molecule has 0 saturated carbocycles. The lowest BCUT2D eigenvalue weighted by molar-refractivity contribution is 0.621. The summed E-state index contributed by atoms with van der Waals surface area (Å²) in [6.45, 7) is 0.520. The van der Waals surface area contributed by atoms with Crippen LogP contribution in [0.15, 0.2) is 33.8 Å². The van der Waals surface area contributed by atoms with E-state index < -0.39 is 0 Å². The molecule has 3 nitrogen and oxygen atoms in total. The first kappa shape index (κ1) is 11.5. The van der Waals surface area contributed by atoms with Gasteiger partial charge in [0.15, 0.2) is 4.34 Å². The lowest BCUT2D eigenvalue weighted by atomic mass is 10.1. The highest BCUT2D eigenvalue weighted by molar-refractivity contribution is 8.01. The Morgan fingerprint density at radius 2 is 2.25 bits per heavy atom. The quantitative estimate of drug-likeness (QED) is 0.911. The van der Waals surface area contributed by atoms with E-state index in [4.69, 9.17) is 5.73 Å². The van der Waals surface area contributed by atoms with E-state index in [2.05, 4.69) is 9.36 Å². The molecular formula is C10H10FN3S2. The van der Waals surface area contributed by atoms with Gasteiger partial charge in [0.1, 0.15) is 12.1 Å². The van der Waals surface area contributed by atoms with Crippen LogP contribution in [0.3, 0.4) is 0 Å². The summed E-state index contributed by atoms with van der Waals surface area (Å²) in [5.74, 6) is -0.238. The lowest BCUT2D eigenvalue weighted by Crippen LogP contribution is -2.02. The van der Waals surface area contributed by atoms with Crippen LogP contribution >= 0.6 is 23.3 Å². The molecule has 0 fully saturated rings. The van der Waals surface area contributed by atoms with Crippen molar-refractivity contribution in [2.45, 2.75) is 15.7 Å². The van der Waals surface area contributed by atoms with Gasteiger partial charge in [0.2, 0.25) is 0 Å². The maximum atomic E-state index is 13.3. The maximum absolute atomic E-state index is 13.3. The monoisotopic (exact) mass is 255 g/mol. The zero-order valence-electron chi connectivity index (χ0n) is 8.39. The Balaban J connectivity index is 2.20. The fraction of sp³-hybridized carbons (Fsp3) is 0.200. The topological polar surface area (TPSA) is 51.8 Å². The summed E-state index contributed by atoms with van der Waals surface area (Å²) in [7, 11) is 0. The normalized spacial score (nSPS) is 10.6. The lowest BCUT2D eigenvalue weighted by Gasteiger charge is -2.03. The van der Waals surface area contributed by atoms with E-state index in [9.17, 15) is 4.39 Å². The fourth-order valence-corrected chi connectivity index (χ4v) is 2.83. The fourth-order valence-electron chi connectivity index (χ4n) is 1.30. The van der Waals surface area contributed by atoms with E-state index in [0.717, 1.165) is 14.8 Å². The van der Waals surface area contributed by atoms with Gasteiger partial charge in [0.25, 0.3) is 0 Å². The van der Waals surface area contributed by atoms with Gasteiger partial charge in [-0.15, -0.1) is 0 Å². The second-order valence-electron chi connectivity index (χ2n) is 3.14. The second-order valence-corrected chi connectivity index (χ2v) is 5.24. The molecule has 0 aliphatic rings. The molecule has 2 N–H and O–H groups in total. The summed E-state index contributed by atoms with van der Waals surface area (Å²) in [5, 5.41) is 0. The highest BCUT2D eigenvalue weighted by Crippen LogP contribution is 2.29. The summed E-state index contributed by atoms with van der Waals surface area (Å²) in [5.41, 5.74) is 6.36. The average molecular weight is 255 g/mol. The van der Waals surface area contributed by atoms with Crippen LogP contribution in [0.1, 0.15) is 5.56 Å². The van der Waals surface area contributed by atoms with Crippen molar-refractivity contribution in [2.75, 3.05) is 6.54 Å². The van der Waals surface area contributed by atoms with E-state index in [-0.39, 0.29) is 5.82 Å². The third kappa shape index (κ3) is 3.01. The smallest absolute Gasteiger partial charge is 0.174 e. The van der Waals surface area contributed by atoms with Crippen molar-refractivity contribution in [1.29, 1.82) is 0 Å². The molecule has 6 heteroatoms. The van der Waals surface area contributed by atoms with Crippen LogP contribution in [0, 0.1) is 5.82 Å². The van der Waals surface area contributed by atoms with Crippen LogP contribution in [-0.2, 0) is 6.42 Å². The molecule has 84 valence electrons. The van der Waals surface area contributed by atoms with Crippen molar-refractivity contribution in [3.05, 3.63) is 35.9 Å². The maximum Gasteiger partial charge on any atom is 0.174 e. The SMILES string of the molecule is NCCc1cc(F)cc(Sc2ncns2)c1. The Bertz CT molecular complexity index is 459. The number of nitrogens with two attached hydrogens (primary N) is 1. The van der Waals surface area contributed by atoms with Crippen LogP contribution in [-0.4, -0.2) is 15.9 Å².